The molecule has 0 fully saturated rings. The highest BCUT2D eigenvalue weighted by molar-refractivity contribution is 9.09. The van der Waals surface area contributed by atoms with Gasteiger partial charge in [0.05, 0.1) is 16.8 Å². The highest BCUT2D eigenvalue weighted by Gasteiger charge is 2.32. The van der Waals surface area contributed by atoms with Crippen LogP contribution in [-0.4, -0.2) is 18.2 Å². The first-order chi connectivity index (χ1) is 11.8. The van der Waals surface area contributed by atoms with E-state index in [4.69, 9.17) is 21.2 Å². The maximum absolute atomic E-state index is 13.9. The topological polar surface area (TPSA) is 30.8 Å². The van der Waals surface area contributed by atoms with Gasteiger partial charge in [-0.25, -0.2) is 4.39 Å². The molecule has 0 unspecified atom stereocenters. The summed E-state index contributed by atoms with van der Waals surface area (Å²) in [6.07, 6.45) is -3.22. The zero-order valence-electron chi connectivity index (χ0n) is 12.5. The van der Waals surface area contributed by atoms with E-state index < -0.39 is 28.3 Å². The van der Waals surface area contributed by atoms with Crippen molar-refractivity contribution in [2.75, 3.05) is 11.9 Å². The number of hydrogen-bond acceptors (Lipinski definition) is 3. The van der Waals surface area contributed by atoms with Crippen LogP contribution in [0.1, 0.15) is 11.1 Å². The number of halogens is 6. The maximum Gasteiger partial charge on any atom is 0.416 e. The van der Waals surface area contributed by atoms with Crippen LogP contribution < -0.4 is 4.74 Å². The minimum atomic E-state index is -4.69. The van der Waals surface area contributed by atoms with Crippen molar-refractivity contribution >= 4 is 33.7 Å². The molecular weight excluding hydrogens is 430 g/mol. The van der Waals surface area contributed by atoms with E-state index in [0.717, 1.165) is 0 Å². The van der Waals surface area contributed by atoms with E-state index in [-0.39, 0.29) is 5.75 Å². The smallest absolute Gasteiger partial charge is 0.416 e. The van der Waals surface area contributed by atoms with Crippen molar-refractivity contribution in [1.82, 2.24) is 0 Å². The first-order valence-corrected chi connectivity index (χ1v) is 8.36. The second kappa shape index (κ2) is 8.53. The molecule has 0 atom stereocenters. The van der Waals surface area contributed by atoms with Crippen molar-refractivity contribution in [2.24, 2.45) is 5.16 Å². The van der Waals surface area contributed by atoms with Crippen molar-refractivity contribution in [3.8, 4) is 11.5 Å². The molecule has 0 aliphatic heterocycles. The van der Waals surface area contributed by atoms with Crippen molar-refractivity contribution in [3.63, 3.8) is 0 Å². The lowest BCUT2D eigenvalue weighted by Crippen LogP contribution is -2.06. The predicted octanol–water partition coefficient (Wildman–Crippen LogP) is 6.04. The Morgan fingerprint density at radius 2 is 1.84 bits per heavy atom. The summed E-state index contributed by atoms with van der Waals surface area (Å²) < 4.78 is 57.0. The monoisotopic (exact) mass is 439 g/mol. The Labute approximate surface area is 154 Å². The summed E-state index contributed by atoms with van der Waals surface area (Å²) in [6, 6.07) is 7.18. The van der Waals surface area contributed by atoms with Gasteiger partial charge in [-0.05, 0) is 42.0 Å². The molecule has 0 aromatic heterocycles. The Morgan fingerprint density at radius 3 is 2.40 bits per heavy atom. The van der Waals surface area contributed by atoms with Gasteiger partial charge in [-0.1, -0.05) is 32.7 Å². The summed E-state index contributed by atoms with van der Waals surface area (Å²) in [5, 5.41) is 3.90. The fourth-order valence-corrected chi connectivity index (χ4v) is 2.14. The van der Waals surface area contributed by atoms with Crippen LogP contribution in [0.3, 0.4) is 0 Å². The molecule has 0 amide bonds. The van der Waals surface area contributed by atoms with E-state index in [9.17, 15) is 17.6 Å². The van der Waals surface area contributed by atoms with E-state index >= 15 is 0 Å². The number of rotatable bonds is 6. The Morgan fingerprint density at radius 1 is 1.16 bits per heavy atom. The lowest BCUT2D eigenvalue weighted by atomic mass is 10.2. The molecule has 3 nitrogen and oxygen atoms in total. The van der Waals surface area contributed by atoms with Crippen LogP contribution in [0.25, 0.3) is 0 Å². The predicted molar refractivity (Wildman–Crippen MR) is 90.3 cm³/mol. The third kappa shape index (κ3) is 5.61. The molecule has 0 saturated carbocycles. The van der Waals surface area contributed by atoms with Gasteiger partial charge in [0, 0.05) is 5.33 Å². The van der Waals surface area contributed by atoms with E-state index in [1.54, 1.807) is 12.1 Å². The summed E-state index contributed by atoms with van der Waals surface area (Å²) in [5.74, 6) is -1.47. The summed E-state index contributed by atoms with van der Waals surface area (Å²) in [7, 11) is 0. The molecule has 9 heteroatoms. The van der Waals surface area contributed by atoms with E-state index in [2.05, 4.69) is 21.1 Å². The minimum absolute atomic E-state index is 0.207. The molecule has 0 spiro atoms. The number of oxime groups is 1. The fraction of sp³-hybridized carbons (Fsp3) is 0.188. The minimum Gasteiger partial charge on any atom is -0.453 e. The van der Waals surface area contributed by atoms with E-state index in [1.807, 2.05) is 0 Å². The van der Waals surface area contributed by atoms with Crippen molar-refractivity contribution in [2.45, 2.75) is 6.18 Å². The average Bonchev–Trinajstić information content (AvgIpc) is 2.55. The van der Waals surface area contributed by atoms with Crippen LogP contribution >= 0.6 is 27.5 Å². The Balaban J connectivity index is 2.13. The van der Waals surface area contributed by atoms with Gasteiger partial charge in [0.15, 0.2) is 11.6 Å². The number of benzene rings is 2. The van der Waals surface area contributed by atoms with Gasteiger partial charge in [0.25, 0.3) is 0 Å². The normalized spacial score (nSPS) is 11.8. The summed E-state index contributed by atoms with van der Waals surface area (Å²) in [5.41, 5.74) is -0.488. The van der Waals surface area contributed by atoms with Crippen LogP contribution in [-0.2, 0) is 11.0 Å². The van der Waals surface area contributed by atoms with Crippen molar-refractivity contribution in [3.05, 3.63) is 58.4 Å². The van der Waals surface area contributed by atoms with Crippen LogP contribution in [0.5, 0.6) is 11.5 Å². The highest BCUT2D eigenvalue weighted by atomic mass is 79.9. The molecule has 2 aromatic rings. The zero-order valence-corrected chi connectivity index (χ0v) is 14.8. The second-order valence-electron chi connectivity index (χ2n) is 4.69. The molecule has 0 radical (unpaired) electrons. The molecule has 25 heavy (non-hydrogen) atoms. The van der Waals surface area contributed by atoms with Gasteiger partial charge in [0.2, 0.25) is 0 Å². The fourth-order valence-electron chi connectivity index (χ4n) is 1.75. The first-order valence-electron chi connectivity index (χ1n) is 6.86. The van der Waals surface area contributed by atoms with Gasteiger partial charge in [-0.2, -0.15) is 13.2 Å². The molecule has 0 aliphatic carbocycles. The third-order valence-corrected chi connectivity index (χ3v) is 3.47. The van der Waals surface area contributed by atoms with Crippen molar-refractivity contribution < 1.29 is 27.1 Å². The third-order valence-electron chi connectivity index (χ3n) is 2.87. The SMILES string of the molecule is Fc1cc(C(F)(F)F)cc(Cl)c1Oc1ccc(C=NOCCBr)cc1. The molecule has 0 aliphatic rings. The van der Waals surface area contributed by atoms with Gasteiger partial charge >= 0.3 is 6.18 Å². The van der Waals surface area contributed by atoms with Crippen LogP contribution in [0, 0.1) is 5.82 Å². The van der Waals surface area contributed by atoms with Gasteiger partial charge in [-0.15, -0.1) is 0 Å². The van der Waals surface area contributed by atoms with Crippen molar-refractivity contribution in [1.29, 1.82) is 0 Å². The molecule has 134 valence electrons. The van der Waals surface area contributed by atoms with Crippen LogP contribution in [0.2, 0.25) is 5.02 Å². The van der Waals surface area contributed by atoms with E-state index in [1.165, 1.54) is 18.3 Å². The Hall–Kier alpha value is -1.80. The first kappa shape index (κ1) is 19.5. The number of alkyl halides is 4. The number of hydrogen-bond donors (Lipinski definition) is 0. The number of ether oxygens (including phenoxy) is 1. The summed E-state index contributed by atoms with van der Waals surface area (Å²) >= 11 is 8.90. The van der Waals surface area contributed by atoms with Gasteiger partial charge in [0.1, 0.15) is 12.4 Å². The molecule has 0 saturated heterocycles. The Bertz CT molecular complexity index is 728. The van der Waals surface area contributed by atoms with Gasteiger partial charge in [-0.3, -0.25) is 0 Å². The summed E-state index contributed by atoms with van der Waals surface area (Å²) in [4.78, 5) is 4.92. The average molecular weight is 441 g/mol. The maximum atomic E-state index is 13.9. The second-order valence-corrected chi connectivity index (χ2v) is 5.89. The molecule has 0 heterocycles. The molecule has 0 N–H and O–H groups in total. The van der Waals surface area contributed by atoms with Crippen LogP contribution in [0.15, 0.2) is 41.6 Å². The molecule has 2 rings (SSSR count). The highest BCUT2D eigenvalue weighted by Crippen LogP contribution is 2.38. The van der Waals surface area contributed by atoms with Gasteiger partial charge < -0.3 is 9.57 Å². The summed E-state index contributed by atoms with van der Waals surface area (Å²) in [6.45, 7) is 0.420. The largest absolute Gasteiger partial charge is 0.453 e. The quantitative estimate of drug-likeness (QED) is 0.180. The van der Waals surface area contributed by atoms with Crippen LogP contribution in [0.4, 0.5) is 17.6 Å². The zero-order chi connectivity index (χ0) is 18.4. The van der Waals surface area contributed by atoms with E-state index in [0.29, 0.717) is 29.6 Å². The number of nitrogens with zero attached hydrogens (tertiary/aromatic N) is 1. The molecular formula is C16H11BrClF4NO2. The Kier molecular flexibility index (Phi) is 6.66. The lowest BCUT2D eigenvalue weighted by Gasteiger charge is -2.12. The molecule has 2 aromatic carbocycles. The lowest BCUT2D eigenvalue weighted by molar-refractivity contribution is -0.137. The standard InChI is InChI=1S/C16H11BrClF4NO2/c17-5-6-24-23-9-10-1-3-12(4-2-10)25-15-13(18)7-11(8-14(15)19)16(20,21)22/h1-4,7-9H,5-6H2. The molecule has 0 bridgehead atoms.